The number of benzene rings is 1. The summed E-state index contributed by atoms with van der Waals surface area (Å²) >= 11 is 3.61. The quantitative estimate of drug-likeness (QED) is 0.474. The molecule has 0 atom stereocenters. The van der Waals surface area contributed by atoms with Crippen molar-refractivity contribution in [2.24, 2.45) is 17.8 Å². The minimum atomic E-state index is -5.67. The fourth-order valence-corrected chi connectivity index (χ4v) is 6.30. The minimum Gasteiger partial charge on any atom is -0.352 e. The minimum absolute atomic E-state index is 0.103. The second-order valence-electron chi connectivity index (χ2n) is 7.59. The third-order valence-corrected chi connectivity index (χ3v) is 8.73. The van der Waals surface area contributed by atoms with Crippen molar-refractivity contribution in [1.82, 2.24) is 5.32 Å². The monoisotopic (exact) mass is 495 g/mol. The topological polar surface area (TPSA) is 86.6 Å². The van der Waals surface area contributed by atoms with Gasteiger partial charge in [-0.05, 0) is 64.7 Å². The highest BCUT2D eigenvalue weighted by atomic mass is 79.9. The Morgan fingerprint density at radius 3 is 2.61 bits per heavy atom. The van der Waals surface area contributed by atoms with Gasteiger partial charge in [0.05, 0.1) is 0 Å². The van der Waals surface area contributed by atoms with E-state index in [0.29, 0.717) is 51.3 Å². The average molecular weight is 496 g/mol. The number of fused-ring (bicyclic) bond motifs is 1. The second kappa shape index (κ2) is 7.76. The van der Waals surface area contributed by atoms with Crippen LogP contribution in [0.2, 0.25) is 0 Å². The maximum absolute atomic E-state index is 14.1. The van der Waals surface area contributed by atoms with Crippen LogP contribution in [0, 0.1) is 17.8 Å². The van der Waals surface area contributed by atoms with E-state index in [4.69, 9.17) is 9.79 Å². The third kappa shape index (κ3) is 4.05. The number of alkyl halides is 2. The summed E-state index contributed by atoms with van der Waals surface area (Å²) in [6.07, 6.45) is 2.18. The molecule has 10 heteroatoms. The van der Waals surface area contributed by atoms with Crippen LogP contribution in [-0.4, -0.2) is 22.2 Å². The van der Waals surface area contributed by atoms with Crippen LogP contribution in [0.1, 0.15) is 41.9 Å². The molecule has 0 aliphatic heterocycles. The van der Waals surface area contributed by atoms with Crippen molar-refractivity contribution in [1.29, 1.82) is 0 Å². The molecule has 1 aliphatic carbocycles. The highest BCUT2D eigenvalue weighted by molar-refractivity contribution is 9.10. The van der Waals surface area contributed by atoms with Crippen LogP contribution in [0.15, 0.2) is 22.7 Å². The molecule has 1 amide bonds. The van der Waals surface area contributed by atoms with Gasteiger partial charge in [-0.1, -0.05) is 13.8 Å². The third-order valence-electron chi connectivity index (χ3n) is 5.29. The predicted octanol–water partition coefficient (Wildman–Crippen LogP) is 5.30. The van der Waals surface area contributed by atoms with Crippen LogP contribution in [0.25, 0.3) is 10.1 Å². The molecule has 2 aromatic rings. The fourth-order valence-electron chi connectivity index (χ4n) is 3.37. The van der Waals surface area contributed by atoms with Crippen molar-refractivity contribution in [3.8, 4) is 0 Å². The van der Waals surface area contributed by atoms with Crippen molar-refractivity contribution in [3.63, 3.8) is 0 Å². The van der Waals surface area contributed by atoms with Gasteiger partial charge in [0.25, 0.3) is 5.91 Å². The Bertz CT molecular complexity index is 952. The number of thiophene rings is 1. The molecule has 1 aliphatic rings. The molecular weight excluding hydrogens is 475 g/mol. The maximum Gasteiger partial charge on any atom is 0.400 e. The van der Waals surface area contributed by atoms with E-state index >= 15 is 0 Å². The lowest BCUT2D eigenvalue weighted by Crippen LogP contribution is -2.37. The number of carbonyl (C=O) groups excluding carboxylic acids is 1. The van der Waals surface area contributed by atoms with E-state index in [0.717, 1.165) is 12.8 Å². The number of amides is 1. The van der Waals surface area contributed by atoms with Crippen LogP contribution in [0.3, 0.4) is 0 Å². The molecular formula is C18H21BrF2NO4PS. The normalized spacial score (nSPS) is 20.4. The van der Waals surface area contributed by atoms with Crippen molar-refractivity contribution in [2.75, 3.05) is 6.54 Å². The van der Waals surface area contributed by atoms with Crippen LogP contribution in [-0.2, 0) is 10.2 Å². The van der Waals surface area contributed by atoms with Crippen molar-refractivity contribution in [2.45, 2.75) is 32.4 Å². The van der Waals surface area contributed by atoms with Crippen LogP contribution in [0.4, 0.5) is 8.78 Å². The SMILES string of the molecule is CC(C)C1CC(CNC(=O)c2ccc3sc(C(F)(F)P(=O)(O)O)c(Br)c3c2)C1. The van der Waals surface area contributed by atoms with E-state index in [1.807, 2.05) is 0 Å². The average Bonchev–Trinajstić information content (AvgIpc) is 2.89. The van der Waals surface area contributed by atoms with Gasteiger partial charge in [-0.25, -0.2) is 0 Å². The summed E-state index contributed by atoms with van der Waals surface area (Å²) < 4.78 is 39.7. The summed E-state index contributed by atoms with van der Waals surface area (Å²) in [5.74, 6) is 1.51. The Balaban J connectivity index is 1.76. The first kappa shape index (κ1) is 21.8. The summed E-state index contributed by atoms with van der Waals surface area (Å²) in [5.41, 5.74) is -3.98. The second-order valence-corrected chi connectivity index (χ2v) is 11.1. The van der Waals surface area contributed by atoms with E-state index in [2.05, 4.69) is 35.1 Å². The molecule has 0 bridgehead atoms. The summed E-state index contributed by atoms with van der Waals surface area (Å²) in [5, 5.41) is 3.21. The van der Waals surface area contributed by atoms with Crippen LogP contribution >= 0.6 is 34.9 Å². The molecule has 0 unspecified atom stereocenters. The first-order valence-corrected chi connectivity index (χ1v) is 12.1. The molecule has 1 saturated carbocycles. The Kier molecular flexibility index (Phi) is 6.05. The van der Waals surface area contributed by atoms with Crippen molar-refractivity contribution < 1.29 is 27.9 Å². The molecule has 0 spiro atoms. The van der Waals surface area contributed by atoms with Crippen molar-refractivity contribution >= 4 is 50.9 Å². The lowest BCUT2D eigenvalue weighted by Gasteiger charge is -2.38. The number of rotatable bonds is 6. The van der Waals surface area contributed by atoms with E-state index < -0.39 is 18.1 Å². The molecule has 0 radical (unpaired) electrons. The zero-order valence-electron chi connectivity index (χ0n) is 15.3. The molecule has 1 aromatic carbocycles. The Hall–Kier alpha value is -0.860. The maximum atomic E-state index is 14.1. The fraction of sp³-hybridized carbons (Fsp3) is 0.500. The zero-order valence-corrected chi connectivity index (χ0v) is 18.6. The highest BCUT2D eigenvalue weighted by Gasteiger charge is 2.53. The van der Waals surface area contributed by atoms with E-state index in [1.165, 1.54) is 18.2 Å². The lowest BCUT2D eigenvalue weighted by molar-refractivity contribution is 0.0595. The van der Waals surface area contributed by atoms with Gasteiger partial charge in [0.15, 0.2) is 0 Å². The molecule has 0 saturated heterocycles. The Labute approximate surface area is 173 Å². The Morgan fingerprint density at radius 1 is 1.39 bits per heavy atom. The zero-order chi connectivity index (χ0) is 20.9. The van der Waals surface area contributed by atoms with Gasteiger partial charge < -0.3 is 15.1 Å². The van der Waals surface area contributed by atoms with Gasteiger partial charge in [-0.15, -0.1) is 11.3 Å². The van der Waals surface area contributed by atoms with Gasteiger partial charge in [-0.2, -0.15) is 8.78 Å². The Morgan fingerprint density at radius 2 is 2.04 bits per heavy atom. The molecule has 5 nitrogen and oxygen atoms in total. The van der Waals surface area contributed by atoms with Crippen LogP contribution in [0.5, 0.6) is 0 Å². The van der Waals surface area contributed by atoms with Gasteiger partial charge in [0.1, 0.15) is 4.88 Å². The van der Waals surface area contributed by atoms with Crippen molar-refractivity contribution in [3.05, 3.63) is 33.1 Å². The van der Waals surface area contributed by atoms with Gasteiger partial charge in [0, 0.05) is 26.7 Å². The smallest absolute Gasteiger partial charge is 0.352 e. The highest BCUT2D eigenvalue weighted by Crippen LogP contribution is 2.62. The van der Waals surface area contributed by atoms with Gasteiger partial charge in [-0.3, -0.25) is 9.36 Å². The van der Waals surface area contributed by atoms with E-state index in [9.17, 15) is 18.1 Å². The van der Waals surface area contributed by atoms with E-state index in [1.54, 1.807) is 0 Å². The molecule has 28 heavy (non-hydrogen) atoms. The summed E-state index contributed by atoms with van der Waals surface area (Å²) in [4.78, 5) is 29.6. The van der Waals surface area contributed by atoms with Crippen LogP contribution < -0.4 is 5.32 Å². The molecule has 154 valence electrons. The molecule has 1 fully saturated rings. The number of nitrogens with one attached hydrogen (secondary N) is 1. The summed E-state index contributed by atoms with van der Waals surface area (Å²) in [6.45, 7) is 4.96. The number of carbonyl (C=O) groups is 1. The number of hydrogen-bond acceptors (Lipinski definition) is 3. The lowest BCUT2D eigenvalue weighted by atomic mass is 9.69. The largest absolute Gasteiger partial charge is 0.400 e. The first-order chi connectivity index (χ1) is 12.9. The van der Waals surface area contributed by atoms with Gasteiger partial charge >= 0.3 is 13.3 Å². The number of halogens is 3. The molecule has 1 heterocycles. The standard InChI is InChI=1S/C18H21BrF2NO4PS/c1-9(2)12-5-10(6-12)8-22-17(23)11-3-4-14-13(7-11)15(19)16(28-14)18(20,21)27(24,25)26/h3-4,7,9-10,12H,5-6,8H2,1-2H3,(H,22,23)(H2,24,25,26). The van der Waals surface area contributed by atoms with E-state index in [-0.39, 0.29) is 10.4 Å². The number of hydrogen-bond donors (Lipinski definition) is 3. The molecule has 1 aromatic heterocycles. The summed E-state index contributed by atoms with van der Waals surface area (Å²) in [6, 6.07) is 4.50. The van der Waals surface area contributed by atoms with Gasteiger partial charge in [0.2, 0.25) is 0 Å². The predicted molar refractivity (Wildman–Crippen MR) is 109 cm³/mol. The first-order valence-electron chi connectivity index (χ1n) is 8.86. The molecule has 3 rings (SSSR count). The molecule has 3 N–H and O–H groups in total. The summed E-state index contributed by atoms with van der Waals surface area (Å²) in [7, 11) is -5.67.